The molecule has 4 rings (SSSR count). The SMILES string of the molecule is Cn1cc(CN2C[C@H]3C[C@@H](C(=O)NCC4CC4)[C@@H](C2)O3)cn1. The number of ether oxygens (including phenoxy) is 1. The van der Waals surface area contributed by atoms with E-state index < -0.39 is 0 Å². The van der Waals surface area contributed by atoms with Crippen molar-refractivity contribution in [1.29, 1.82) is 0 Å². The minimum atomic E-state index is 0.0302. The maximum Gasteiger partial charge on any atom is 0.225 e. The summed E-state index contributed by atoms with van der Waals surface area (Å²) in [6.07, 6.45) is 7.62. The molecule has 3 heterocycles. The van der Waals surface area contributed by atoms with Crippen LogP contribution in [0.3, 0.4) is 0 Å². The number of aryl methyl sites for hydroxylation is 1. The van der Waals surface area contributed by atoms with E-state index in [9.17, 15) is 4.79 Å². The number of fused-ring (bicyclic) bond motifs is 2. The van der Waals surface area contributed by atoms with Crippen LogP contribution in [0.1, 0.15) is 24.8 Å². The highest BCUT2D eigenvalue weighted by Gasteiger charge is 2.44. The van der Waals surface area contributed by atoms with Crippen LogP contribution in [-0.2, 0) is 23.1 Å². The van der Waals surface area contributed by atoms with Gasteiger partial charge < -0.3 is 10.1 Å². The van der Waals surface area contributed by atoms with Crippen LogP contribution in [0.5, 0.6) is 0 Å². The number of rotatable bonds is 5. The molecule has 1 saturated carbocycles. The van der Waals surface area contributed by atoms with Crippen LogP contribution < -0.4 is 5.32 Å². The molecule has 6 heteroatoms. The van der Waals surface area contributed by atoms with Gasteiger partial charge in [-0.2, -0.15) is 5.10 Å². The molecule has 3 aliphatic rings. The number of aromatic nitrogens is 2. The molecule has 3 atom stereocenters. The van der Waals surface area contributed by atoms with Crippen molar-refractivity contribution in [1.82, 2.24) is 20.0 Å². The lowest BCUT2D eigenvalue weighted by Crippen LogP contribution is -2.45. The summed E-state index contributed by atoms with van der Waals surface area (Å²) in [4.78, 5) is 14.8. The lowest BCUT2D eigenvalue weighted by molar-refractivity contribution is -0.128. The highest BCUT2D eigenvalue weighted by molar-refractivity contribution is 5.79. The van der Waals surface area contributed by atoms with Gasteiger partial charge in [0.25, 0.3) is 0 Å². The number of morpholine rings is 1. The standard InChI is InChI=1S/C16H24N4O2/c1-19-7-12(6-18-19)8-20-9-13-4-14(15(10-20)22-13)16(21)17-5-11-2-3-11/h6-7,11,13-15H,2-5,8-10H2,1H3,(H,17,21)/t13-,14-,15-/m1/s1. The normalized spacial score (nSPS) is 31.4. The Morgan fingerprint density at radius 2 is 2.32 bits per heavy atom. The molecule has 120 valence electrons. The number of carbonyl (C=O) groups excluding carboxylic acids is 1. The summed E-state index contributed by atoms with van der Waals surface area (Å²) in [6, 6.07) is 0. The maximum atomic E-state index is 12.4. The van der Waals surface area contributed by atoms with E-state index in [1.54, 1.807) is 0 Å². The molecule has 1 aromatic rings. The van der Waals surface area contributed by atoms with Crippen LogP contribution in [0.25, 0.3) is 0 Å². The molecule has 6 nitrogen and oxygen atoms in total. The third-order valence-corrected chi connectivity index (χ3v) is 5.00. The molecule has 2 bridgehead atoms. The molecule has 1 amide bonds. The van der Waals surface area contributed by atoms with Gasteiger partial charge in [0, 0.05) is 45.0 Å². The summed E-state index contributed by atoms with van der Waals surface area (Å²) < 4.78 is 7.84. The van der Waals surface area contributed by atoms with Crippen molar-refractivity contribution >= 4 is 5.91 Å². The van der Waals surface area contributed by atoms with E-state index >= 15 is 0 Å². The average Bonchev–Trinajstić information content (AvgIpc) is 3.16. The fourth-order valence-electron chi connectivity index (χ4n) is 3.65. The van der Waals surface area contributed by atoms with E-state index in [1.165, 1.54) is 18.4 Å². The third kappa shape index (κ3) is 3.03. The molecular formula is C16H24N4O2. The van der Waals surface area contributed by atoms with Crippen molar-refractivity contribution in [3.63, 3.8) is 0 Å². The third-order valence-electron chi connectivity index (χ3n) is 5.00. The number of amides is 1. The zero-order valence-electron chi connectivity index (χ0n) is 13.1. The molecule has 1 aliphatic carbocycles. The second-order valence-corrected chi connectivity index (χ2v) is 7.04. The number of hydrogen-bond acceptors (Lipinski definition) is 4. The summed E-state index contributed by atoms with van der Waals surface area (Å²) in [5, 5.41) is 7.34. The van der Waals surface area contributed by atoms with E-state index in [4.69, 9.17) is 4.74 Å². The quantitative estimate of drug-likeness (QED) is 0.862. The van der Waals surface area contributed by atoms with Crippen molar-refractivity contribution in [2.45, 2.75) is 38.0 Å². The fourth-order valence-corrected chi connectivity index (χ4v) is 3.65. The first kappa shape index (κ1) is 14.2. The van der Waals surface area contributed by atoms with Crippen molar-refractivity contribution in [2.24, 2.45) is 18.9 Å². The summed E-state index contributed by atoms with van der Waals surface area (Å²) in [7, 11) is 1.94. The fraction of sp³-hybridized carbons (Fsp3) is 0.750. The first-order chi connectivity index (χ1) is 10.7. The Balaban J connectivity index is 1.33. The Morgan fingerprint density at radius 3 is 3.05 bits per heavy atom. The van der Waals surface area contributed by atoms with Crippen molar-refractivity contribution < 1.29 is 9.53 Å². The molecule has 22 heavy (non-hydrogen) atoms. The number of carbonyl (C=O) groups is 1. The number of likely N-dealkylation sites (tertiary alicyclic amines) is 1. The predicted octanol–water partition coefficient (Wildman–Crippen LogP) is 0.536. The predicted molar refractivity (Wildman–Crippen MR) is 81.0 cm³/mol. The maximum absolute atomic E-state index is 12.4. The van der Waals surface area contributed by atoms with E-state index in [0.717, 1.165) is 38.5 Å². The summed E-state index contributed by atoms with van der Waals surface area (Å²) in [5.74, 6) is 0.956. The van der Waals surface area contributed by atoms with Gasteiger partial charge in [-0.15, -0.1) is 0 Å². The largest absolute Gasteiger partial charge is 0.371 e. The molecular weight excluding hydrogens is 280 g/mol. The average molecular weight is 304 g/mol. The zero-order valence-corrected chi connectivity index (χ0v) is 13.1. The Kier molecular flexibility index (Phi) is 3.66. The molecule has 0 aromatic carbocycles. The number of nitrogens with one attached hydrogen (secondary N) is 1. The van der Waals surface area contributed by atoms with Gasteiger partial charge in [-0.05, 0) is 25.2 Å². The van der Waals surface area contributed by atoms with Gasteiger partial charge in [0.05, 0.1) is 24.3 Å². The van der Waals surface area contributed by atoms with Gasteiger partial charge >= 0.3 is 0 Å². The summed E-state index contributed by atoms with van der Waals surface area (Å²) in [5.41, 5.74) is 1.22. The van der Waals surface area contributed by atoms with E-state index in [0.29, 0.717) is 0 Å². The molecule has 3 fully saturated rings. The second-order valence-electron chi connectivity index (χ2n) is 7.04. The molecule has 0 radical (unpaired) electrons. The monoisotopic (exact) mass is 304 g/mol. The highest BCUT2D eigenvalue weighted by Crippen LogP contribution is 2.33. The van der Waals surface area contributed by atoms with Gasteiger partial charge in [-0.25, -0.2) is 0 Å². The van der Waals surface area contributed by atoms with Crippen molar-refractivity contribution in [2.75, 3.05) is 19.6 Å². The van der Waals surface area contributed by atoms with E-state index in [1.807, 2.05) is 17.9 Å². The van der Waals surface area contributed by atoms with Crippen LogP contribution in [-0.4, -0.2) is 52.4 Å². The van der Waals surface area contributed by atoms with Crippen LogP contribution in [0.4, 0.5) is 0 Å². The number of hydrogen-bond donors (Lipinski definition) is 1. The molecule has 1 aromatic heterocycles. The molecule has 0 spiro atoms. The van der Waals surface area contributed by atoms with Crippen LogP contribution >= 0.6 is 0 Å². The number of nitrogens with zero attached hydrogens (tertiary/aromatic N) is 3. The molecule has 0 unspecified atom stereocenters. The van der Waals surface area contributed by atoms with Gasteiger partial charge in [0.1, 0.15) is 0 Å². The van der Waals surface area contributed by atoms with Crippen molar-refractivity contribution in [3.8, 4) is 0 Å². The van der Waals surface area contributed by atoms with E-state index in [2.05, 4.69) is 21.5 Å². The Hall–Kier alpha value is -1.40. The first-order valence-corrected chi connectivity index (χ1v) is 8.30. The summed E-state index contributed by atoms with van der Waals surface area (Å²) >= 11 is 0. The minimum absolute atomic E-state index is 0.0302. The van der Waals surface area contributed by atoms with Crippen molar-refractivity contribution in [3.05, 3.63) is 18.0 Å². The zero-order chi connectivity index (χ0) is 15.1. The Bertz CT molecular complexity index is 554. The second kappa shape index (κ2) is 5.66. The van der Waals surface area contributed by atoms with Gasteiger partial charge in [0.2, 0.25) is 5.91 Å². The lowest BCUT2D eigenvalue weighted by atomic mass is 9.99. The topological polar surface area (TPSA) is 59.4 Å². The van der Waals surface area contributed by atoms with Crippen LogP contribution in [0, 0.1) is 11.8 Å². The Labute approximate surface area is 130 Å². The van der Waals surface area contributed by atoms with Gasteiger partial charge in [-0.1, -0.05) is 0 Å². The molecule has 2 aliphatic heterocycles. The van der Waals surface area contributed by atoms with Crippen LogP contribution in [0.2, 0.25) is 0 Å². The molecule has 1 N–H and O–H groups in total. The first-order valence-electron chi connectivity index (χ1n) is 8.30. The summed E-state index contributed by atoms with van der Waals surface area (Å²) in [6.45, 7) is 3.50. The highest BCUT2D eigenvalue weighted by atomic mass is 16.5. The van der Waals surface area contributed by atoms with Crippen LogP contribution in [0.15, 0.2) is 12.4 Å². The minimum Gasteiger partial charge on any atom is -0.371 e. The Morgan fingerprint density at radius 1 is 1.45 bits per heavy atom. The van der Waals surface area contributed by atoms with E-state index in [-0.39, 0.29) is 24.0 Å². The van der Waals surface area contributed by atoms with Gasteiger partial charge in [-0.3, -0.25) is 14.4 Å². The van der Waals surface area contributed by atoms with Gasteiger partial charge in [0.15, 0.2) is 0 Å². The smallest absolute Gasteiger partial charge is 0.225 e. The lowest BCUT2D eigenvalue weighted by Gasteiger charge is -2.32. The molecule has 2 saturated heterocycles.